The molecule has 1 saturated carbocycles. The maximum absolute atomic E-state index is 11.2. The quantitative estimate of drug-likeness (QED) is 0.473. The van der Waals surface area contributed by atoms with E-state index in [1.54, 1.807) is 0 Å². The molecule has 1 aliphatic rings. The number of hydrogen-bond donors (Lipinski definition) is 0. The van der Waals surface area contributed by atoms with Crippen molar-refractivity contribution < 1.29 is 4.79 Å². The number of carbonyl (C=O) groups excluding carboxylic acids is 1. The SMILES string of the molecule is O=CC([Te]c1ccccc1)=C1CCCCC1. The first kappa shape index (κ1) is 11.9. The molecule has 16 heavy (non-hydrogen) atoms. The number of allylic oxidation sites excluding steroid dienone is 2. The Balaban J connectivity index is 2.13. The van der Waals surface area contributed by atoms with E-state index in [2.05, 4.69) is 24.3 Å². The minimum absolute atomic E-state index is 0.445. The van der Waals surface area contributed by atoms with Gasteiger partial charge in [0.05, 0.1) is 0 Å². The van der Waals surface area contributed by atoms with Gasteiger partial charge in [-0.05, 0) is 0 Å². The van der Waals surface area contributed by atoms with Crippen LogP contribution in [0.1, 0.15) is 32.1 Å². The van der Waals surface area contributed by atoms with Gasteiger partial charge in [0.2, 0.25) is 0 Å². The van der Waals surface area contributed by atoms with Crippen LogP contribution in [0.4, 0.5) is 0 Å². The molecule has 0 amide bonds. The molecular weight excluding hydrogens is 312 g/mol. The van der Waals surface area contributed by atoms with Crippen LogP contribution in [0.2, 0.25) is 0 Å². The van der Waals surface area contributed by atoms with Crippen LogP contribution in [0.3, 0.4) is 0 Å². The Labute approximate surface area is 107 Å². The third-order valence-electron chi connectivity index (χ3n) is 2.88. The summed E-state index contributed by atoms with van der Waals surface area (Å²) in [4.78, 5) is 11.2. The molecule has 0 aromatic heterocycles. The number of carbonyl (C=O) groups is 1. The van der Waals surface area contributed by atoms with Gasteiger partial charge in [0.1, 0.15) is 0 Å². The topological polar surface area (TPSA) is 17.1 Å². The molecule has 0 spiro atoms. The fourth-order valence-electron chi connectivity index (χ4n) is 2.02. The molecule has 2 heteroatoms. The summed E-state index contributed by atoms with van der Waals surface area (Å²) in [5.74, 6) is 0. The van der Waals surface area contributed by atoms with Gasteiger partial charge >= 0.3 is 107 Å². The molecule has 0 unspecified atom stereocenters. The van der Waals surface area contributed by atoms with Crippen LogP contribution in [0.15, 0.2) is 39.5 Å². The predicted octanol–water partition coefficient (Wildman–Crippen LogP) is 2.43. The van der Waals surface area contributed by atoms with Crippen LogP contribution in [-0.4, -0.2) is 27.2 Å². The van der Waals surface area contributed by atoms with E-state index in [0.29, 0.717) is 0 Å². The van der Waals surface area contributed by atoms with Crippen LogP contribution in [-0.2, 0) is 4.79 Å². The van der Waals surface area contributed by atoms with Gasteiger partial charge in [-0.2, -0.15) is 0 Å². The molecular formula is C14H16OTe. The van der Waals surface area contributed by atoms with E-state index < -0.39 is 20.9 Å². The van der Waals surface area contributed by atoms with Gasteiger partial charge in [-0.15, -0.1) is 0 Å². The Kier molecular flexibility index (Phi) is 4.63. The van der Waals surface area contributed by atoms with Crippen molar-refractivity contribution in [2.75, 3.05) is 0 Å². The molecule has 0 bridgehead atoms. The van der Waals surface area contributed by atoms with Crippen molar-refractivity contribution in [3.63, 3.8) is 0 Å². The first-order valence-corrected chi connectivity index (χ1v) is 8.13. The first-order valence-electron chi connectivity index (χ1n) is 5.80. The summed E-state index contributed by atoms with van der Waals surface area (Å²) in [6, 6.07) is 10.5. The van der Waals surface area contributed by atoms with Gasteiger partial charge in [-0.3, -0.25) is 0 Å². The minimum atomic E-state index is -0.445. The zero-order valence-electron chi connectivity index (χ0n) is 9.32. The zero-order valence-corrected chi connectivity index (χ0v) is 11.6. The van der Waals surface area contributed by atoms with E-state index in [4.69, 9.17) is 0 Å². The molecule has 1 aromatic rings. The first-order chi connectivity index (χ1) is 7.90. The van der Waals surface area contributed by atoms with Crippen molar-refractivity contribution in [1.29, 1.82) is 0 Å². The molecule has 1 nitrogen and oxygen atoms in total. The molecule has 0 N–H and O–H groups in total. The summed E-state index contributed by atoms with van der Waals surface area (Å²) in [5, 5.41) is 0. The summed E-state index contributed by atoms with van der Waals surface area (Å²) in [7, 11) is 0. The van der Waals surface area contributed by atoms with Crippen LogP contribution in [0.25, 0.3) is 0 Å². The second-order valence-electron chi connectivity index (χ2n) is 4.06. The second kappa shape index (κ2) is 6.23. The normalized spacial score (nSPS) is 15.9. The summed E-state index contributed by atoms with van der Waals surface area (Å²) in [6.07, 6.45) is 7.32. The summed E-state index contributed by atoms with van der Waals surface area (Å²) >= 11 is -0.445. The maximum atomic E-state index is 11.2. The van der Waals surface area contributed by atoms with Crippen LogP contribution in [0, 0.1) is 0 Å². The van der Waals surface area contributed by atoms with Gasteiger partial charge in [-0.25, -0.2) is 0 Å². The van der Waals surface area contributed by atoms with Crippen molar-refractivity contribution in [2.45, 2.75) is 32.1 Å². The molecule has 0 atom stereocenters. The van der Waals surface area contributed by atoms with E-state index in [0.717, 1.165) is 22.7 Å². The van der Waals surface area contributed by atoms with Gasteiger partial charge < -0.3 is 0 Å². The Morgan fingerprint density at radius 1 is 1.06 bits per heavy atom. The molecule has 0 radical (unpaired) electrons. The molecule has 1 fully saturated rings. The van der Waals surface area contributed by atoms with Crippen molar-refractivity contribution >= 4 is 30.8 Å². The van der Waals surface area contributed by atoms with Crippen molar-refractivity contribution in [1.82, 2.24) is 0 Å². The van der Waals surface area contributed by atoms with E-state index in [9.17, 15) is 4.79 Å². The number of aldehydes is 1. The molecule has 0 saturated heterocycles. The van der Waals surface area contributed by atoms with Crippen LogP contribution < -0.4 is 3.61 Å². The summed E-state index contributed by atoms with van der Waals surface area (Å²) < 4.78 is 2.52. The Morgan fingerprint density at radius 3 is 2.38 bits per heavy atom. The molecule has 84 valence electrons. The number of hydrogen-bond acceptors (Lipinski definition) is 1. The summed E-state index contributed by atoms with van der Waals surface area (Å²) in [6.45, 7) is 0. The Morgan fingerprint density at radius 2 is 1.75 bits per heavy atom. The van der Waals surface area contributed by atoms with Gasteiger partial charge in [0.15, 0.2) is 0 Å². The van der Waals surface area contributed by atoms with Crippen LogP contribution in [0.5, 0.6) is 0 Å². The van der Waals surface area contributed by atoms with E-state index in [1.165, 1.54) is 28.4 Å². The average molecular weight is 328 g/mol. The van der Waals surface area contributed by atoms with Gasteiger partial charge in [0, 0.05) is 0 Å². The number of rotatable bonds is 3. The molecule has 0 aliphatic heterocycles. The van der Waals surface area contributed by atoms with Gasteiger partial charge in [-0.1, -0.05) is 0 Å². The van der Waals surface area contributed by atoms with E-state index in [-0.39, 0.29) is 0 Å². The Bertz CT molecular complexity index is 373. The van der Waals surface area contributed by atoms with Crippen LogP contribution >= 0.6 is 0 Å². The van der Waals surface area contributed by atoms with Crippen molar-refractivity contribution in [3.8, 4) is 0 Å². The zero-order chi connectivity index (χ0) is 11.2. The van der Waals surface area contributed by atoms with Crippen molar-refractivity contribution in [2.24, 2.45) is 0 Å². The monoisotopic (exact) mass is 330 g/mol. The predicted molar refractivity (Wildman–Crippen MR) is 68.0 cm³/mol. The third kappa shape index (κ3) is 3.20. The standard InChI is InChI=1S/C14H16OTe/c15-11-14(12-7-3-1-4-8-12)16-13-9-5-2-6-10-13/h2,5-6,9-11H,1,3-4,7-8H2. The fourth-order valence-corrected chi connectivity index (χ4v) is 4.71. The molecule has 2 rings (SSSR count). The Hall–Kier alpha value is -0.580. The second-order valence-corrected chi connectivity index (χ2v) is 7.24. The van der Waals surface area contributed by atoms with E-state index in [1.807, 2.05) is 6.07 Å². The fraction of sp³-hybridized carbons (Fsp3) is 0.357. The third-order valence-corrected chi connectivity index (χ3v) is 6.06. The molecule has 1 aromatic carbocycles. The van der Waals surface area contributed by atoms with Crippen molar-refractivity contribution in [3.05, 3.63) is 39.5 Å². The van der Waals surface area contributed by atoms with E-state index >= 15 is 0 Å². The van der Waals surface area contributed by atoms with Gasteiger partial charge in [0.25, 0.3) is 0 Å². The summed E-state index contributed by atoms with van der Waals surface area (Å²) in [5.41, 5.74) is 1.45. The molecule has 0 heterocycles. The number of benzene rings is 1. The molecule has 1 aliphatic carbocycles. The average Bonchev–Trinajstić information content (AvgIpc) is 2.38.